The monoisotopic (exact) mass is 130 g/mol. The van der Waals surface area contributed by atoms with Crippen LogP contribution in [0.4, 0.5) is 0 Å². The van der Waals surface area contributed by atoms with Crippen LogP contribution in [-0.4, -0.2) is 23.4 Å². The molecule has 0 aliphatic carbocycles. The first-order chi connectivity index (χ1) is 4.16. The number of hydrogen-bond donors (Lipinski definition) is 1. The topological polar surface area (TPSA) is 29.5 Å². The van der Waals surface area contributed by atoms with E-state index in [0.717, 1.165) is 12.8 Å². The molecule has 2 nitrogen and oxygen atoms in total. The summed E-state index contributed by atoms with van der Waals surface area (Å²) in [6.07, 6.45) is 2.41. The highest BCUT2D eigenvalue weighted by Gasteiger charge is 2.32. The second-order valence-electron chi connectivity index (χ2n) is 3.08. The van der Waals surface area contributed by atoms with Crippen LogP contribution in [0.15, 0.2) is 0 Å². The molecule has 0 amide bonds. The van der Waals surface area contributed by atoms with Gasteiger partial charge >= 0.3 is 0 Å². The van der Waals surface area contributed by atoms with Crippen molar-refractivity contribution in [2.75, 3.05) is 6.61 Å². The zero-order chi connectivity index (χ0) is 6.91. The third kappa shape index (κ3) is 1.43. The summed E-state index contributed by atoms with van der Waals surface area (Å²) in [7, 11) is 0. The van der Waals surface area contributed by atoms with Gasteiger partial charge in [-0.1, -0.05) is 0 Å². The highest BCUT2D eigenvalue weighted by molar-refractivity contribution is 4.82. The summed E-state index contributed by atoms with van der Waals surface area (Å²) < 4.78 is 5.45. The summed E-state index contributed by atoms with van der Waals surface area (Å²) in [5.41, 5.74) is -0.237. The molecule has 0 aromatic carbocycles. The van der Waals surface area contributed by atoms with E-state index in [9.17, 15) is 0 Å². The third-order valence-corrected chi connectivity index (χ3v) is 1.90. The Labute approximate surface area is 55.8 Å². The van der Waals surface area contributed by atoms with E-state index in [2.05, 4.69) is 0 Å². The van der Waals surface area contributed by atoms with Crippen LogP contribution in [-0.2, 0) is 4.74 Å². The number of ether oxygens (including phenoxy) is 1. The smallest absolute Gasteiger partial charge is 0.0888 e. The maximum atomic E-state index is 8.82. The first-order valence-electron chi connectivity index (χ1n) is 3.45. The molecule has 1 fully saturated rings. The van der Waals surface area contributed by atoms with Gasteiger partial charge in [0, 0.05) is 0 Å². The van der Waals surface area contributed by atoms with Gasteiger partial charge in [0.05, 0.1) is 18.3 Å². The Kier molecular flexibility index (Phi) is 1.78. The van der Waals surface area contributed by atoms with Crippen molar-refractivity contribution in [3.05, 3.63) is 0 Å². The molecule has 0 aromatic rings. The minimum Gasteiger partial charge on any atom is -0.393 e. The SMILES string of the molecule is C[C@H]1CC[C@](C)(CO)O1. The van der Waals surface area contributed by atoms with Gasteiger partial charge in [0.15, 0.2) is 0 Å². The fraction of sp³-hybridized carbons (Fsp3) is 1.00. The van der Waals surface area contributed by atoms with E-state index in [1.807, 2.05) is 13.8 Å². The van der Waals surface area contributed by atoms with E-state index in [1.54, 1.807) is 0 Å². The normalized spacial score (nSPS) is 43.7. The van der Waals surface area contributed by atoms with Crippen LogP contribution in [0.5, 0.6) is 0 Å². The number of rotatable bonds is 1. The Morgan fingerprint density at radius 1 is 1.78 bits per heavy atom. The lowest BCUT2D eigenvalue weighted by atomic mass is 10.0. The van der Waals surface area contributed by atoms with Gasteiger partial charge in [-0.15, -0.1) is 0 Å². The summed E-state index contributed by atoms with van der Waals surface area (Å²) in [6, 6.07) is 0. The average Bonchev–Trinajstić information content (AvgIpc) is 2.13. The number of aliphatic hydroxyl groups excluding tert-OH is 1. The fourth-order valence-electron chi connectivity index (χ4n) is 1.23. The lowest BCUT2D eigenvalue weighted by Crippen LogP contribution is -2.28. The second kappa shape index (κ2) is 2.27. The van der Waals surface area contributed by atoms with Crippen LogP contribution in [0.25, 0.3) is 0 Å². The minimum atomic E-state index is -0.237. The van der Waals surface area contributed by atoms with Gasteiger partial charge in [-0.3, -0.25) is 0 Å². The van der Waals surface area contributed by atoms with Crippen LogP contribution in [0.1, 0.15) is 26.7 Å². The van der Waals surface area contributed by atoms with E-state index in [-0.39, 0.29) is 12.2 Å². The van der Waals surface area contributed by atoms with Crippen molar-refractivity contribution >= 4 is 0 Å². The highest BCUT2D eigenvalue weighted by atomic mass is 16.5. The molecule has 0 aromatic heterocycles. The zero-order valence-electron chi connectivity index (χ0n) is 6.05. The van der Waals surface area contributed by atoms with Gasteiger partial charge in [-0.05, 0) is 26.7 Å². The Balaban J connectivity index is 2.45. The van der Waals surface area contributed by atoms with E-state index in [4.69, 9.17) is 9.84 Å². The molecule has 1 saturated heterocycles. The van der Waals surface area contributed by atoms with Crippen LogP contribution in [0, 0.1) is 0 Å². The summed E-state index contributed by atoms with van der Waals surface area (Å²) >= 11 is 0. The first-order valence-corrected chi connectivity index (χ1v) is 3.45. The van der Waals surface area contributed by atoms with Crippen molar-refractivity contribution in [3.8, 4) is 0 Å². The van der Waals surface area contributed by atoms with E-state index >= 15 is 0 Å². The lowest BCUT2D eigenvalue weighted by molar-refractivity contribution is -0.0544. The van der Waals surface area contributed by atoms with Gasteiger partial charge in [0.1, 0.15) is 0 Å². The molecular weight excluding hydrogens is 116 g/mol. The Morgan fingerprint density at radius 3 is 2.67 bits per heavy atom. The standard InChI is InChI=1S/C7H14O2/c1-6-3-4-7(2,5-8)9-6/h6,8H,3-5H2,1-2H3/t6-,7+/m0/s1. The summed E-state index contributed by atoms with van der Waals surface area (Å²) in [5.74, 6) is 0. The molecule has 1 heterocycles. The number of aliphatic hydroxyl groups is 1. The van der Waals surface area contributed by atoms with Gasteiger partial charge in [-0.25, -0.2) is 0 Å². The quantitative estimate of drug-likeness (QED) is 0.572. The van der Waals surface area contributed by atoms with E-state index < -0.39 is 0 Å². The molecule has 0 radical (unpaired) electrons. The lowest BCUT2D eigenvalue weighted by Gasteiger charge is -2.20. The minimum absolute atomic E-state index is 0.150. The molecule has 2 atom stereocenters. The Hall–Kier alpha value is -0.0800. The Bertz CT molecular complexity index is 103. The largest absolute Gasteiger partial charge is 0.393 e. The highest BCUT2D eigenvalue weighted by Crippen LogP contribution is 2.28. The fourth-order valence-corrected chi connectivity index (χ4v) is 1.23. The summed E-state index contributed by atoms with van der Waals surface area (Å²) in [6.45, 7) is 4.15. The maximum absolute atomic E-state index is 8.82. The van der Waals surface area contributed by atoms with Crippen molar-refractivity contribution in [1.82, 2.24) is 0 Å². The van der Waals surface area contributed by atoms with Gasteiger partial charge < -0.3 is 9.84 Å². The molecule has 0 saturated carbocycles. The van der Waals surface area contributed by atoms with Gasteiger partial charge in [-0.2, -0.15) is 0 Å². The molecule has 1 rings (SSSR count). The van der Waals surface area contributed by atoms with E-state index in [0.29, 0.717) is 6.10 Å². The van der Waals surface area contributed by atoms with Crippen LogP contribution < -0.4 is 0 Å². The molecule has 9 heavy (non-hydrogen) atoms. The molecular formula is C7H14O2. The third-order valence-electron chi connectivity index (χ3n) is 1.90. The number of hydrogen-bond acceptors (Lipinski definition) is 2. The molecule has 0 spiro atoms. The first kappa shape index (κ1) is 7.03. The average molecular weight is 130 g/mol. The maximum Gasteiger partial charge on any atom is 0.0888 e. The summed E-state index contributed by atoms with van der Waals surface area (Å²) in [4.78, 5) is 0. The molecule has 0 unspecified atom stereocenters. The van der Waals surface area contributed by atoms with Crippen molar-refractivity contribution in [2.45, 2.75) is 38.4 Å². The van der Waals surface area contributed by atoms with Gasteiger partial charge in [0.25, 0.3) is 0 Å². The van der Waals surface area contributed by atoms with E-state index in [1.165, 1.54) is 0 Å². The predicted molar refractivity (Wildman–Crippen MR) is 35.3 cm³/mol. The van der Waals surface area contributed by atoms with Gasteiger partial charge in [0.2, 0.25) is 0 Å². The predicted octanol–water partition coefficient (Wildman–Crippen LogP) is 0.936. The van der Waals surface area contributed by atoms with Crippen molar-refractivity contribution in [1.29, 1.82) is 0 Å². The zero-order valence-corrected chi connectivity index (χ0v) is 6.05. The molecule has 1 aliphatic rings. The van der Waals surface area contributed by atoms with Crippen LogP contribution in [0.2, 0.25) is 0 Å². The van der Waals surface area contributed by atoms with Crippen LogP contribution in [0.3, 0.4) is 0 Å². The molecule has 0 bridgehead atoms. The summed E-state index contributed by atoms with van der Waals surface area (Å²) in [5, 5.41) is 8.82. The molecule has 2 heteroatoms. The second-order valence-corrected chi connectivity index (χ2v) is 3.08. The van der Waals surface area contributed by atoms with Crippen molar-refractivity contribution in [3.63, 3.8) is 0 Å². The Morgan fingerprint density at radius 2 is 2.44 bits per heavy atom. The molecule has 1 N–H and O–H groups in total. The van der Waals surface area contributed by atoms with Crippen molar-refractivity contribution < 1.29 is 9.84 Å². The molecule has 54 valence electrons. The molecule has 1 aliphatic heterocycles. The van der Waals surface area contributed by atoms with Crippen molar-refractivity contribution in [2.24, 2.45) is 0 Å². The van der Waals surface area contributed by atoms with Crippen LogP contribution >= 0.6 is 0 Å².